The van der Waals surface area contributed by atoms with E-state index in [9.17, 15) is 19.2 Å². The molecule has 28 heavy (non-hydrogen) atoms. The molecule has 2 N–H and O–H groups in total. The van der Waals surface area contributed by atoms with Gasteiger partial charge in [-0.3, -0.25) is 19.2 Å². The second-order valence-corrected chi connectivity index (χ2v) is 8.99. The van der Waals surface area contributed by atoms with Gasteiger partial charge in [-0.1, -0.05) is 6.07 Å². The number of carbonyl (C=O) groups is 4. The van der Waals surface area contributed by atoms with Gasteiger partial charge in [-0.05, 0) is 37.1 Å². The average Bonchev–Trinajstić information content (AvgIpc) is 3.09. The Morgan fingerprint density at radius 3 is 2.75 bits per heavy atom. The monoisotopic (exact) mass is 402 g/mol. The van der Waals surface area contributed by atoms with E-state index >= 15 is 0 Å². The van der Waals surface area contributed by atoms with Crippen LogP contribution in [0.5, 0.6) is 0 Å². The van der Waals surface area contributed by atoms with E-state index in [-0.39, 0.29) is 41.6 Å². The SMILES string of the molecule is O=C(NC1CC2C(=O)NC3CCN(C(=O)c4cccs4)C3C(=O)N2C1)C1CC1. The van der Waals surface area contributed by atoms with Crippen LogP contribution >= 0.6 is 11.3 Å². The Morgan fingerprint density at radius 1 is 1.21 bits per heavy atom. The van der Waals surface area contributed by atoms with Gasteiger partial charge >= 0.3 is 0 Å². The van der Waals surface area contributed by atoms with Crippen LogP contribution in [0.15, 0.2) is 17.5 Å². The molecule has 9 heteroatoms. The molecule has 4 unspecified atom stereocenters. The van der Waals surface area contributed by atoms with Crippen molar-refractivity contribution in [2.75, 3.05) is 13.1 Å². The zero-order valence-corrected chi connectivity index (χ0v) is 16.1. The third-order valence-corrected chi connectivity index (χ3v) is 7.01. The number of amides is 4. The van der Waals surface area contributed by atoms with Gasteiger partial charge in [0, 0.05) is 25.0 Å². The summed E-state index contributed by atoms with van der Waals surface area (Å²) in [5.41, 5.74) is 0. The maximum atomic E-state index is 13.3. The topological polar surface area (TPSA) is 98.8 Å². The lowest BCUT2D eigenvalue weighted by Crippen LogP contribution is -2.52. The van der Waals surface area contributed by atoms with Gasteiger partial charge in [0.2, 0.25) is 17.7 Å². The minimum Gasteiger partial charge on any atom is -0.351 e. The first-order chi connectivity index (χ1) is 13.5. The molecule has 5 rings (SSSR count). The zero-order chi connectivity index (χ0) is 19.4. The summed E-state index contributed by atoms with van der Waals surface area (Å²) < 4.78 is 0. The number of nitrogens with one attached hydrogen (secondary N) is 2. The molecular formula is C19H22N4O4S. The van der Waals surface area contributed by atoms with Crippen LogP contribution in [0.25, 0.3) is 0 Å². The van der Waals surface area contributed by atoms with E-state index in [1.54, 1.807) is 15.9 Å². The summed E-state index contributed by atoms with van der Waals surface area (Å²) in [5.74, 6) is -0.443. The third kappa shape index (κ3) is 2.88. The van der Waals surface area contributed by atoms with Gasteiger partial charge in [0.05, 0.1) is 10.9 Å². The lowest BCUT2D eigenvalue weighted by Gasteiger charge is -2.29. The predicted molar refractivity (Wildman–Crippen MR) is 100 cm³/mol. The van der Waals surface area contributed by atoms with Gasteiger partial charge in [-0.15, -0.1) is 11.3 Å². The predicted octanol–water partition coefficient (Wildman–Crippen LogP) is -0.0433. The molecule has 1 aliphatic carbocycles. The Kier molecular flexibility index (Phi) is 4.15. The molecule has 0 radical (unpaired) electrons. The number of fused-ring (bicyclic) bond motifs is 2. The number of hydrogen-bond acceptors (Lipinski definition) is 5. The van der Waals surface area contributed by atoms with E-state index < -0.39 is 12.1 Å². The number of carbonyl (C=O) groups excluding carboxylic acids is 4. The Balaban J connectivity index is 1.36. The highest BCUT2D eigenvalue weighted by atomic mass is 32.1. The molecule has 0 aromatic carbocycles. The number of likely N-dealkylation sites (tertiary alicyclic amines) is 1. The second kappa shape index (κ2) is 6.58. The third-order valence-electron chi connectivity index (χ3n) is 6.15. The van der Waals surface area contributed by atoms with Gasteiger partial charge in [0.1, 0.15) is 12.1 Å². The van der Waals surface area contributed by atoms with Crippen molar-refractivity contribution < 1.29 is 19.2 Å². The van der Waals surface area contributed by atoms with Crippen molar-refractivity contribution >= 4 is 35.0 Å². The molecule has 1 saturated carbocycles. The summed E-state index contributed by atoms with van der Waals surface area (Å²) >= 11 is 1.35. The molecule has 4 heterocycles. The van der Waals surface area contributed by atoms with E-state index in [4.69, 9.17) is 0 Å². The first-order valence-electron chi connectivity index (χ1n) is 9.78. The van der Waals surface area contributed by atoms with Gasteiger partial charge < -0.3 is 20.4 Å². The fourth-order valence-corrected chi connectivity index (χ4v) is 5.24. The maximum Gasteiger partial charge on any atom is 0.264 e. The normalized spacial score (nSPS) is 31.9. The van der Waals surface area contributed by atoms with Crippen molar-refractivity contribution in [2.24, 2.45) is 5.92 Å². The highest BCUT2D eigenvalue weighted by molar-refractivity contribution is 7.12. The summed E-state index contributed by atoms with van der Waals surface area (Å²) in [5, 5.41) is 7.79. The fraction of sp³-hybridized carbons (Fsp3) is 0.579. The van der Waals surface area contributed by atoms with Gasteiger partial charge in [-0.25, -0.2) is 0 Å². The fourth-order valence-electron chi connectivity index (χ4n) is 4.56. The Hall–Kier alpha value is -2.42. The molecule has 3 saturated heterocycles. The smallest absolute Gasteiger partial charge is 0.264 e. The van der Waals surface area contributed by atoms with Crippen LogP contribution in [0.4, 0.5) is 0 Å². The number of rotatable bonds is 3. The molecule has 4 amide bonds. The van der Waals surface area contributed by atoms with E-state index in [0.29, 0.717) is 30.8 Å². The van der Waals surface area contributed by atoms with Crippen molar-refractivity contribution in [1.29, 1.82) is 0 Å². The van der Waals surface area contributed by atoms with Crippen LogP contribution in [-0.4, -0.2) is 70.7 Å². The number of hydrogen-bond donors (Lipinski definition) is 2. The molecule has 148 valence electrons. The molecule has 4 atom stereocenters. The van der Waals surface area contributed by atoms with Gasteiger partial charge in [-0.2, -0.15) is 0 Å². The quantitative estimate of drug-likeness (QED) is 0.741. The minimum absolute atomic E-state index is 0.0174. The van der Waals surface area contributed by atoms with Crippen LogP contribution in [0.1, 0.15) is 35.4 Å². The molecule has 1 aromatic rings. The van der Waals surface area contributed by atoms with Gasteiger partial charge in [0.25, 0.3) is 5.91 Å². The van der Waals surface area contributed by atoms with E-state index in [0.717, 1.165) is 12.8 Å². The number of thiophene rings is 1. The van der Waals surface area contributed by atoms with Crippen molar-refractivity contribution in [2.45, 2.75) is 49.9 Å². The summed E-state index contributed by atoms with van der Waals surface area (Å²) in [6, 6.07) is 1.73. The van der Waals surface area contributed by atoms with Crippen LogP contribution in [0, 0.1) is 5.92 Å². The molecule has 0 spiro atoms. The second-order valence-electron chi connectivity index (χ2n) is 8.05. The van der Waals surface area contributed by atoms with Crippen molar-refractivity contribution in [1.82, 2.24) is 20.4 Å². The lowest BCUT2D eigenvalue weighted by atomic mass is 10.1. The molecule has 3 aliphatic heterocycles. The highest BCUT2D eigenvalue weighted by Gasteiger charge is 2.52. The molecular weight excluding hydrogens is 380 g/mol. The largest absolute Gasteiger partial charge is 0.351 e. The first kappa shape index (κ1) is 17.7. The summed E-state index contributed by atoms with van der Waals surface area (Å²) in [6.45, 7) is 0.762. The Morgan fingerprint density at radius 2 is 2.04 bits per heavy atom. The van der Waals surface area contributed by atoms with Crippen LogP contribution in [0.2, 0.25) is 0 Å². The van der Waals surface area contributed by atoms with Crippen LogP contribution in [0.3, 0.4) is 0 Å². The van der Waals surface area contributed by atoms with Crippen molar-refractivity contribution in [3.05, 3.63) is 22.4 Å². The lowest BCUT2D eigenvalue weighted by molar-refractivity contribution is -0.138. The Bertz CT molecular complexity index is 837. The zero-order valence-electron chi connectivity index (χ0n) is 15.3. The molecule has 1 aromatic heterocycles. The Labute approximate surface area is 166 Å². The summed E-state index contributed by atoms with van der Waals surface area (Å²) in [7, 11) is 0. The molecule has 4 aliphatic rings. The van der Waals surface area contributed by atoms with Crippen LogP contribution in [-0.2, 0) is 14.4 Å². The molecule has 4 fully saturated rings. The van der Waals surface area contributed by atoms with Crippen molar-refractivity contribution in [3.63, 3.8) is 0 Å². The maximum absolute atomic E-state index is 13.3. The minimum atomic E-state index is -0.679. The van der Waals surface area contributed by atoms with E-state index in [1.165, 1.54) is 11.3 Å². The first-order valence-corrected chi connectivity index (χ1v) is 10.7. The highest BCUT2D eigenvalue weighted by Crippen LogP contribution is 2.32. The van der Waals surface area contributed by atoms with Crippen LogP contribution < -0.4 is 10.6 Å². The van der Waals surface area contributed by atoms with E-state index in [1.807, 2.05) is 11.4 Å². The number of nitrogens with zero attached hydrogens (tertiary/aromatic N) is 2. The standard InChI is InChI=1S/C19H22N4O4S/c24-16(10-3-4-10)20-11-8-13-17(25)21-12-5-6-22(15(12)19(27)23(13)9-11)18(26)14-2-1-7-28-14/h1-2,7,10-13,15H,3-6,8-9H2,(H,20,24)(H,21,25). The average molecular weight is 402 g/mol. The molecule has 0 bridgehead atoms. The molecule has 8 nitrogen and oxygen atoms in total. The van der Waals surface area contributed by atoms with Gasteiger partial charge in [0.15, 0.2) is 0 Å². The summed E-state index contributed by atoms with van der Waals surface area (Å²) in [4.78, 5) is 54.8. The van der Waals surface area contributed by atoms with Crippen molar-refractivity contribution in [3.8, 4) is 0 Å². The summed E-state index contributed by atoms with van der Waals surface area (Å²) in [6.07, 6.45) is 2.82. The van der Waals surface area contributed by atoms with E-state index in [2.05, 4.69) is 10.6 Å².